The molecule has 0 saturated carbocycles. The molecule has 3 aromatic rings. The first-order valence-electron chi connectivity index (χ1n) is 10.4. The molecule has 0 radical (unpaired) electrons. The summed E-state index contributed by atoms with van der Waals surface area (Å²) in [6, 6.07) is 7.83. The molecule has 31 heavy (non-hydrogen) atoms. The molecule has 1 aliphatic heterocycles. The van der Waals surface area contributed by atoms with Crippen LogP contribution in [0.1, 0.15) is 18.3 Å². The minimum Gasteiger partial charge on any atom is -0.367 e. The molecule has 160 valence electrons. The molecule has 1 fully saturated rings. The summed E-state index contributed by atoms with van der Waals surface area (Å²) in [7, 11) is 0. The van der Waals surface area contributed by atoms with Crippen LogP contribution in [-0.2, 0) is 22.6 Å². The number of anilines is 1. The van der Waals surface area contributed by atoms with Crippen molar-refractivity contribution in [2.45, 2.75) is 26.8 Å². The van der Waals surface area contributed by atoms with Crippen molar-refractivity contribution in [1.82, 2.24) is 24.6 Å². The number of nitrogens with zero attached hydrogens (tertiary/aromatic N) is 6. The lowest BCUT2D eigenvalue weighted by Gasteiger charge is -2.35. The largest absolute Gasteiger partial charge is 0.367 e. The van der Waals surface area contributed by atoms with Gasteiger partial charge in [0.2, 0.25) is 5.91 Å². The highest BCUT2D eigenvalue weighted by Crippen LogP contribution is 2.19. The molecule has 3 aromatic heterocycles. The van der Waals surface area contributed by atoms with Crippen molar-refractivity contribution in [3.63, 3.8) is 0 Å². The maximum atomic E-state index is 12.5. The van der Waals surface area contributed by atoms with E-state index >= 15 is 0 Å². The molecule has 0 unspecified atom stereocenters. The molecule has 0 N–H and O–H groups in total. The van der Waals surface area contributed by atoms with E-state index in [4.69, 9.17) is 0 Å². The number of carbonyl (C=O) groups excluding carboxylic acids is 2. The van der Waals surface area contributed by atoms with Gasteiger partial charge in [-0.05, 0) is 36.8 Å². The van der Waals surface area contributed by atoms with E-state index in [0.717, 1.165) is 54.4 Å². The maximum absolute atomic E-state index is 12.5. The summed E-state index contributed by atoms with van der Waals surface area (Å²) in [5.74, 6) is 0.169. The van der Waals surface area contributed by atoms with Gasteiger partial charge in [0.25, 0.3) is 0 Å². The fraction of sp³-hybridized carbons (Fsp3) is 0.348. The minimum atomic E-state index is 0.0517. The number of aromatic nitrogens is 4. The summed E-state index contributed by atoms with van der Waals surface area (Å²) in [5, 5.41) is 4.32. The Morgan fingerprint density at radius 1 is 1.00 bits per heavy atom. The predicted molar refractivity (Wildman–Crippen MR) is 118 cm³/mol. The standard InChI is InChI=1S/C23H26N6O2/c1-17-11-19(5-6-24-17)20-13-26-29(15-20)16-23(31)12-21-3-4-22(14-25-21)28-9-7-27(8-10-28)18(2)30/h3-6,11,13-15H,7-10,12,16H2,1-2H3. The molecule has 1 saturated heterocycles. The molecule has 8 nitrogen and oxygen atoms in total. The van der Waals surface area contributed by atoms with E-state index in [1.807, 2.05) is 48.5 Å². The first-order valence-corrected chi connectivity index (χ1v) is 10.4. The number of amides is 1. The van der Waals surface area contributed by atoms with Gasteiger partial charge in [0, 0.05) is 62.4 Å². The van der Waals surface area contributed by atoms with Gasteiger partial charge in [-0.25, -0.2) is 0 Å². The summed E-state index contributed by atoms with van der Waals surface area (Å²) in [5.41, 5.74) is 4.70. The van der Waals surface area contributed by atoms with E-state index in [0.29, 0.717) is 0 Å². The van der Waals surface area contributed by atoms with Crippen molar-refractivity contribution < 1.29 is 9.59 Å². The second kappa shape index (κ2) is 9.07. The van der Waals surface area contributed by atoms with Crippen LogP contribution in [0, 0.1) is 6.92 Å². The van der Waals surface area contributed by atoms with Crippen LogP contribution in [0.4, 0.5) is 5.69 Å². The lowest BCUT2D eigenvalue weighted by Crippen LogP contribution is -2.48. The van der Waals surface area contributed by atoms with Crippen LogP contribution in [-0.4, -0.2) is 62.5 Å². The molecular weight excluding hydrogens is 392 g/mol. The summed E-state index contributed by atoms with van der Waals surface area (Å²) < 4.78 is 1.66. The van der Waals surface area contributed by atoms with Crippen LogP contribution in [0.2, 0.25) is 0 Å². The lowest BCUT2D eigenvalue weighted by atomic mass is 10.1. The average molecular weight is 419 g/mol. The Bertz CT molecular complexity index is 1070. The zero-order valence-corrected chi connectivity index (χ0v) is 17.9. The first kappa shape index (κ1) is 20.7. The number of hydrogen-bond acceptors (Lipinski definition) is 6. The number of ketones is 1. The molecule has 0 aliphatic carbocycles. The summed E-state index contributed by atoms with van der Waals surface area (Å²) in [6.07, 6.45) is 7.49. The van der Waals surface area contributed by atoms with Gasteiger partial charge in [0.1, 0.15) is 0 Å². The number of carbonyl (C=O) groups is 2. The van der Waals surface area contributed by atoms with E-state index in [9.17, 15) is 9.59 Å². The third kappa shape index (κ3) is 5.14. The van der Waals surface area contributed by atoms with Crippen LogP contribution in [0.15, 0.2) is 49.1 Å². The van der Waals surface area contributed by atoms with Gasteiger partial charge < -0.3 is 9.80 Å². The van der Waals surface area contributed by atoms with Crippen molar-refractivity contribution >= 4 is 17.4 Å². The molecule has 8 heteroatoms. The molecule has 1 amide bonds. The summed E-state index contributed by atoms with van der Waals surface area (Å²) >= 11 is 0. The second-order valence-corrected chi connectivity index (χ2v) is 7.83. The van der Waals surface area contributed by atoms with Crippen molar-refractivity contribution in [3.8, 4) is 11.1 Å². The van der Waals surface area contributed by atoms with Crippen molar-refractivity contribution in [2.24, 2.45) is 0 Å². The number of piperazine rings is 1. The summed E-state index contributed by atoms with van der Waals surface area (Å²) in [6.45, 7) is 6.78. The SMILES string of the molecule is CC(=O)N1CCN(c2ccc(CC(=O)Cn3cc(-c4ccnc(C)c4)cn3)nc2)CC1. The highest BCUT2D eigenvalue weighted by atomic mass is 16.2. The van der Waals surface area contributed by atoms with Crippen LogP contribution in [0.5, 0.6) is 0 Å². The third-order valence-electron chi connectivity index (χ3n) is 5.48. The van der Waals surface area contributed by atoms with Gasteiger partial charge in [-0.1, -0.05) is 0 Å². The summed E-state index contributed by atoms with van der Waals surface area (Å²) in [4.78, 5) is 36.7. The van der Waals surface area contributed by atoms with E-state index in [1.165, 1.54) is 0 Å². The first-order chi connectivity index (χ1) is 15.0. The Labute approximate surface area is 181 Å². The Morgan fingerprint density at radius 2 is 1.81 bits per heavy atom. The fourth-order valence-corrected chi connectivity index (χ4v) is 3.75. The minimum absolute atomic E-state index is 0.0517. The maximum Gasteiger partial charge on any atom is 0.219 e. The fourth-order valence-electron chi connectivity index (χ4n) is 3.75. The molecule has 0 spiro atoms. The van der Waals surface area contributed by atoms with E-state index in [2.05, 4.69) is 20.0 Å². The average Bonchev–Trinajstić information content (AvgIpc) is 3.23. The zero-order valence-electron chi connectivity index (χ0n) is 17.9. The number of pyridine rings is 2. The van der Waals surface area contributed by atoms with Gasteiger partial charge in [-0.3, -0.25) is 24.2 Å². The second-order valence-electron chi connectivity index (χ2n) is 7.83. The van der Waals surface area contributed by atoms with Gasteiger partial charge in [-0.15, -0.1) is 0 Å². The van der Waals surface area contributed by atoms with Gasteiger partial charge in [-0.2, -0.15) is 5.10 Å². The number of Topliss-reactive ketones (excluding diaryl/α,β-unsaturated/α-hetero) is 1. The molecule has 0 aromatic carbocycles. The number of aryl methyl sites for hydroxylation is 1. The van der Waals surface area contributed by atoms with Crippen LogP contribution in [0.25, 0.3) is 11.1 Å². The van der Waals surface area contributed by atoms with Gasteiger partial charge in [0.05, 0.1) is 31.0 Å². The quantitative estimate of drug-likeness (QED) is 0.610. The molecular formula is C23H26N6O2. The lowest BCUT2D eigenvalue weighted by molar-refractivity contribution is -0.129. The topological polar surface area (TPSA) is 84.2 Å². The molecule has 1 aliphatic rings. The Hall–Kier alpha value is -3.55. The molecule has 4 rings (SSSR count). The predicted octanol–water partition coefficient (Wildman–Crippen LogP) is 2.13. The molecule has 4 heterocycles. The smallest absolute Gasteiger partial charge is 0.219 e. The van der Waals surface area contributed by atoms with Gasteiger partial charge >= 0.3 is 0 Å². The monoisotopic (exact) mass is 418 g/mol. The van der Waals surface area contributed by atoms with Crippen LogP contribution >= 0.6 is 0 Å². The third-order valence-corrected chi connectivity index (χ3v) is 5.48. The Balaban J connectivity index is 1.32. The van der Waals surface area contributed by atoms with E-state index in [1.54, 1.807) is 24.0 Å². The molecule has 0 bridgehead atoms. The highest BCUT2D eigenvalue weighted by molar-refractivity contribution is 5.80. The number of hydrogen-bond donors (Lipinski definition) is 0. The Kier molecular flexibility index (Phi) is 6.06. The molecule has 0 atom stereocenters. The van der Waals surface area contributed by atoms with Crippen LogP contribution in [0.3, 0.4) is 0 Å². The van der Waals surface area contributed by atoms with E-state index < -0.39 is 0 Å². The van der Waals surface area contributed by atoms with Crippen molar-refractivity contribution in [1.29, 1.82) is 0 Å². The van der Waals surface area contributed by atoms with Gasteiger partial charge in [0.15, 0.2) is 5.78 Å². The normalized spacial score (nSPS) is 14.0. The number of rotatable bonds is 6. The van der Waals surface area contributed by atoms with E-state index in [-0.39, 0.29) is 24.7 Å². The zero-order chi connectivity index (χ0) is 21.8. The van der Waals surface area contributed by atoms with Crippen molar-refractivity contribution in [3.05, 3.63) is 60.4 Å². The Morgan fingerprint density at radius 3 is 2.48 bits per heavy atom. The van der Waals surface area contributed by atoms with Crippen LogP contribution < -0.4 is 4.90 Å². The highest BCUT2D eigenvalue weighted by Gasteiger charge is 2.19. The van der Waals surface area contributed by atoms with Crippen molar-refractivity contribution in [2.75, 3.05) is 31.1 Å².